The van der Waals surface area contributed by atoms with Crippen LogP contribution >= 0.6 is 0 Å². The lowest BCUT2D eigenvalue weighted by molar-refractivity contribution is -0.139. The van der Waals surface area contributed by atoms with Gasteiger partial charge in [0, 0.05) is 12.1 Å². The van der Waals surface area contributed by atoms with Gasteiger partial charge in [0.15, 0.2) is 0 Å². The Labute approximate surface area is 145 Å². The summed E-state index contributed by atoms with van der Waals surface area (Å²) in [5, 5.41) is 19.7. The number of carbonyl (C=O) groups is 2. The van der Waals surface area contributed by atoms with Crippen LogP contribution in [-0.2, 0) is 4.79 Å². The number of nitrogens with one attached hydrogen (secondary N) is 1. The van der Waals surface area contributed by atoms with Crippen LogP contribution in [0.5, 0.6) is 0 Å². The van der Waals surface area contributed by atoms with Gasteiger partial charge in [0.2, 0.25) is 0 Å². The van der Waals surface area contributed by atoms with E-state index in [4.69, 9.17) is 5.11 Å². The van der Waals surface area contributed by atoms with Gasteiger partial charge in [-0.1, -0.05) is 24.3 Å². The van der Waals surface area contributed by atoms with Crippen molar-refractivity contribution in [2.45, 2.75) is 31.8 Å². The topological polar surface area (TPSA) is 100 Å². The summed E-state index contributed by atoms with van der Waals surface area (Å²) in [7, 11) is 0. The van der Waals surface area contributed by atoms with E-state index in [1.54, 1.807) is 23.1 Å². The number of hydrogen-bond acceptors (Lipinski definition) is 5. The molecule has 1 aliphatic carbocycles. The maximum absolute atomic E-state index is 12.6. The molecule has 1 saturated carbocycles. The van der Waals surface area contributed by atoms with Gasteiger partial charge >= 0.3 is 5.97 Å². The van der Waals surface area contributed by atoms with Crippen LogP contribution in [0, 0.1) is 0 Å². The molecular weight excluding hydrogens is 322 g/mol. The molecule has 8 heteroatoms. The van der Waals surface area contributed by atoms with Gasteiger partial charge in [0.05, 0.1) is 30.2 Å². The summed E-state index contributed by atoms with van der Waals surface area (Å²) in [4.78, 5) is 25.4. The van der Waals surface area contributed by atoms with E-state index < -0.39 is 5.97 Å². The first-order chi connectivity index (χ1) is 12.1. The second-order valence-electron chi connectivity index (χ2n) is 6.12. The highest BCUT2D eigenvalue weighted by molar-refractivity contribution is 5.98. The highest BCUT2D eigenvalue weighted by Gasteiger charge is 2.35. The summed E-state index contributed by atoms with van der Waals surface area (Å²) in [6.45, 7) is 2.67. The number of carboxylic acid groups (broad SMARTS) is 1. The van der Waals surface area contributed by atoms with Crippen LogP contribution in [-0.4, -0.2) is 62.0 Å². The fourth-order valence-electron chi connectivity index (χ4n) is 3.14. The van der Waals surface area contributed by atoms with Crippen molar-refractivity contribution < 1.29 is 14.7 Å². The smallest absolute Gasteiger partial charge is 0.317 e. The first kappa shape index (κ1) is 17.1. The lowest BCUT2D eigenvalue weighted by Crippen LogP contribution is -2.54. The zero-order chi connectivity index (χ0) is 17.8. The Kier molecular flexibility index (Phi) is 5.08. The Morgan fingerprint density at radius 3 is 2.76 bits per heavy atom. The van der Waals surface area contributed by atoms with E-state index in [2.05, 4.69) is 15.6 Å². The molecule has 1 aromatic carbocycles. The molecule has 2 aromatic rings. The second kappa shape index (κ2) is 7.43. The van der Waals surface area contributed by atoms with Crippen molar-refractivity contribution in [2.24, 2.45) is 0 Å². The average molecular weight is 343 g/mol. The molecule has 25 heavy (non-hydrogen) atoms. The summed E-state index contributed by atoms with van der Waals surface area (Å²) in [5.41, 5.74) is 1.21. The lowest BCUT2D eigenvalue weighted by atomic mass is 9.85. The third kappa shape index (κ3) is 3.85. The highest BCUT2D eigenvalue weighted by Crippen LogP contribution is 2.26. The van der Waals surface area contributed by atoms with Crippen molar-refractivity contribution in [3.63, 3.8) is 0 Å². The number of nitrogens with zero attached hydrogens (tertiary/aromatic N) is 4. The Balaban J connectivity index is 1.61. The molecule has 132 valence electrons. The minimum atomic E-state index is -0.823. The van der Waals surface area contributed by atoms with E-state index in [-0.39, 0.29) is 24.5 Å². The predicted molar refractivity (Wildman–Crippen MR) is 90.5 cm³/mol. The van der Waals surface area contributed by atoms with Gasteiger partial charge < -0.3 is 10.4 Å². The summed E-state index contributed by atoms with van der Waals surface area (Å²) in [6, 6.07) is 7.49. The molecule has 0 spiro atoms. The van der Waals surface area contributed by atoms with Gasteiger partial charge in [-0.3, -0.25) is 14.5 Å². The molecule has 0 atom stereocenters. The van der Waals surface area contributed by atoms with Crippen molar-refractivity contribution in [1.82, 2.24) is 25.2 Å². The molecule has 2 N–H and O–H groups in total. The molecule has 0 unspecified atom stereocenters. The maximum atomic E-state index is 12.6. The number of para-hydroxylation sites is 1. The molecule has 0 bridgehead atoms. The number of carbonyl (C=O) groups excluding carboxylic acids is 1. The largest absolute Gasteiger partial charge is 0.480 e. The minimum Gasteiger partial charge on any atom is -0.480 e. The molecule has 3 rings (SSSR count). The monoisotopic (exact) mass is 343 g/mol. The van der Waals surface area contributed by atoms with Crippen LogP contribution < -0.4 is 5.32 Å². The first-order valence-electron chi connectivity index (χ1n) is 8.31. The fourth-order valence-corrected chi connectivity index (χ4v) is 3.14. The Bertz CT molecular complexity index is 741. The zero-order valence-electron chi connectivity index (χ0n) is 14.0. The van der Waals surface area contributed by atoms with Crippen LogP contribution in [0.1, 0.15) is 30.1 Å². The van der Waals surface area contributed by atoms with Crippen molar-refractivity contribution in [3.05, 3.63) is 42.2 Å². The normalized spacial score (nSPS) is 19.4. The van der Waals surface area contributed by atoms with Gasteiger partial charge in [0.25, 0.3) is 5.91 Å². The SMILES string of the molecule is CCN(CC(=O)O)C1CC(NC(=O)c2ccccc2-n2ccnn2)C1. The molecule has 1 aliphatic rings. The second-order valence-corrected chi connectivity index (χ2v) is 6.12. The third-order valence-corrected chi connectivity index (χ3v) is 4.53. The Hall–Kier alpha value is -2.74. The molecule has 8 nitrogen and oxygen atoms in total. The first-order valence-corrected chi connectivity index (χ1v) is 8.31. The Morgan fingerprint density at radius 1 is 1.36 bits per heavy atom. The highest BCUT2D eigenvalue weighted by atomic mass is 16.4. The fraction of sp³-hybridized carbons (Fsp3) is 0.412. The van der Waals surface area contributed by atoms with Crippen LogP contribution in [0.15, 0.2) is 36.7 Å². The van der Waals surface area contributed by atoms with E-state index in [1.165, 1.54) is 0 Å². The molecular formula is C17H21N5O3. The van der Waals surface area contributed by atoms with Crippen molar-refractivity contribution in [2.75, 3.05) is 13.1 Å². The maximum Gasteiger partial charge on any atom is 0.317 e. The molecule has 1 fully saturated rings. The number of carboxylic acids is 1. The van der Waals surface area contributed by atoms with Gasteiger partial charge in [-0.2, -0.15) is 0 Å². The average Bonchev–Trinajstić information content (AvgIpc) is 3.10. The molecule has 0 radical (unpaired) electrons. The number of aromatic nitrogens is 3. The van der Waals surface area contributed by atoms with Gasteiger partial charge in [0.1, 0.15) is 0 Å². The van der Waals surface area contributed by atoms with Crippen LogP contribution in [0.4, 0.5) is 0 Å². The van der Waals surface area contributed by atoms with Crippen LogP contribution in [0.3, 0.4) is 0 Å². The quantitative estimate of drug-likeness (QED) is 0.776. The van der Waals surface area contributed by atoms with Gasteiger partial charge in [-0.25, -0.2) is 4.68 Å². The number of amides is 1. The summed E-state index contributed by atoms with van der Waals surface area (Å²) >= 11 is 0. The standard InChI is InChI=1S/C17H21N5O3/c1-2-21(11-16(23)24)13-9-12(10-13)19-17(25)14-5-3-4-6-15(14)22-8-7-18-20-22/h3-8,12-13H,2,9-11H2,1H3,(H,19,25)(H,23,24). The number of aliphatic carboxylic acids is 1. The van der Waals surface area contributed by atoms with Crippen LogP contribution in [0.2, 0.25) is 0 Å². The molecule has 1 heterocycles. The van der Waals surface area contributed by atoms with E-state index in [1.807, 2.05) is 30.0 Å². The van der Waals surface area contributed by atoms with Gasteiger partial charge in [-0.05, 0) is 31.5 Å². The van der Waals surface area contributed by atoms with E-state index in [0.29, 0.717) is 17.8 Å². The van der Waals surface area contributed by atoms with Gasteiger partial charge in [-0.15, -0.1) is 5.10 Å². The number of benzene rings is 1. The summed E-state index contributed by atoms with van der Waals surface area (Å²) in [5.74, 6) is -0.980. The number of likely N-dealkylation sites (N-methyl/N-ethyl adjacent to an activating group) is 1. The van der Waals surface area contributed by atoms with E-state index >= 15 is 0 Å². The van der Waals surface area contributed by atoms with Crippen molar-refractivity contribution >= 4 is 11.9 Å². The van der Waals surface area contributed by atoms with E-state index in [9.17, 15) is 9.59 Å². The van der Waals surface area contributed by atoms with E-state index in [0.717, 1.165) is 12.8 Å². The zero-order valence-corrected chi connectivity index (χ0v) is 14.0. The summed E-state index contributed by atoms with van der Waals surface area (Å²) < 4.78 is 1.56. The number of hydrogen-bond donors (Lipinski definition) is 2. The third-order valence-electron chi connectivity index (χ3n) is 4.53. The van der Waals surface area contributed by atoms with Crippen LogP contribution in [0.25, 0.3) is 5.69 Å². The van der Waals surface area contributed by atoms with Crippen molar-refractivity contribution in [3.8, 4) is 5.69 Å². The number of rotatable bonds is 7. The minimum absolute atomic E-state index is 0.0387. The Morgan fingerprint density at radius 2 is 2.12 bits per heavy atom. The van der Waals surface area contributed by atoms with Crippen molar-refractivity contribution in [1.29, 1.82) is 0 Å². The lowest BCUT2D eigenvalue weighted by Gasteiger charge is -2.42. The summed E-state index contributed by atoms with van der Waals surface area (Å²) in [6.07, 6.45) is 4.78. The molecule has 1 amide bonds. The predicted octanol–water partition coefficient (Wildman–Crippen LogP) is 0.935. The molecule has 1 aromatic heterocycles. The molecule has 0 aliphatic heterocycles. The molecule has 0 saturated heterocycles.